The number of hydrogen-bond donors (Lipinski definition) is 1. The van der Waals surface area contributed by atoms with Crippen molar-refractivity contribution >= 4 is 23.7 Å². The van der Waals surface area contributed by atoms with Crippen LogP contribution in [0.25, 0.3) is 0 Å². The van der Waals surface area contributed by atoms with Crippen LogP contribution in [0.5, 0.6) is 0 Å². The van der Waals surface area contributed by atoms with Gasteiger partial charge in [-0.05, 0) is 0 Å². The summed E-state index contributed by atoms with van der Waals surface area (Å²) in [6.07, 6.45) is 1.37. The fourth-order valence-corrected chi connectivity index (χ4v) is 1.61. The van der Waals surface area contributed by atoms with Gasteiger partial charge in [0.15, 0.2) is 5.69 Å². The number of nitrogens with one attached hydrogen (secondary N) is 1. The predicted octanol–water partition coefficient (Wildman–Crippen LogP) is 0.461. The molecule has 0 bridgehead atoms. The number of H-pyrrole nitrogens is 1. The van der Waals surface area contributed by atoms with Gasteiger partial charge in [-0.1, -0.05) is 11.8 Å². The molecule has 7 heteroatoms. The minimum absolute atomic E-state index is 0.114. The van der Waals surface area contributed by atoms with Crippen molar-refractivity contribution in [2.45, 2.75) is 5.03 Å². The zero-order valence-electron chi connectivity index (χ0n) is 8.27. The van der Waals surface area contributed by atoms with E-state index in [0.29, 0.717) is 5.03 Å². The van der Waals surface area contributed by atoms with Crippen LogP contribution in [0.3, 0.4) is 0 Å². The van der Waals surface area contributed by atoms with Crippen molar-refractivity contribution in [2.75, 3.05) is 20.0 Å². The number of aromatic nitrogens is 2. The third kappa shape index (κ3) is 2.98. The van der Waals surface area contributed by atoms with Crippen molar-refractivity contribution in [2.24, 2.45) is 0 Å². The van der Waals surface area contributed by atoms with Crippen molar-refractivity contribution in [1.82, 2.24) is 9.97 Å². The van der Waals surface area contributed by atoms with Crippen molar-refractivity contribution in [3.05, 3.63) is 12.0 Å². The van der Waals surface area contributed by atoms with Crippen LogP contribution in [-0.2, 0) is 14.3 Å². The lowest BCUT2D eigenvalue weighted by atomic mass is 10.5. The Bertz CT molecular complexity index is 363. The standard InChI is InChI=1S/C8H10N2O4S/c1-13-5(11)3-15-7-6(8(12)14-2)9-4-10-7/h4H,3H2,1-2H3,(H,9,10). The van der Waals surface area contributed by atoms with E-state index in [4.69, 9.17) is 0 Å². The molecule has 0 aliphatic carbocycles. The average molecular weight is 230 g/mol. The number of imidazole rings is 1. The highest BCUT2D eigenvalue weighted by Gasteiger charge is 2.16. The molecule has 0 spiro atoms. The van der Waals surface area contributed by atoms with Crippen LogP contribution in [0.15, 0.2) is 11.4 Å². The first-order chi connectivity index (χ1) is 7.19. The normalized spacial score (nSPS) is 9.73. The van der Waals surface area contributed by atoms with Gasteiger partial charge in [-0.3, -0.25) is 4.79 Å². The maximum absolute atomic E-state index is 11.2. The van der Waals surface area contributed by atoms with E-state index in [1.54, 1.807) is 0 Å². The second kappa shape index (κ2) is 5.40. The monoisotopic (exact) mass is 230 g/mol. The summed E-state index contributed by atoms with van der Waals surface area (Å²) in [6, 6.07) is 0. The molecule has 0 saturated heterocycles. The Morgan fingerprint density at radius 3 is 2.80 bits per heavy atom. The van der Waals surface area contributed by atoms with Gasteiger partial charge in [0.1, 0.15) is 5.03 Å². The van der Waals surface area contributed by atoms with Gasteiger partial charge in [0.25, 0.3) is 0 Å². The van der Waals surface area contributed by atoms with E-state index in [0.717, 1.165) is 11.8 Å². The molecule has 1 N–H and O–H groups in total. The summed E-state index contributed by atoms with van der Waals surface area (Å²) in [4.78, 5) is 28.6. The molecule has 0 radical (unpaired) electrons. The lowest BCUT2D eigenvalue weighted by Gasteiger charge is -2.00. The molecule has 1 heterocycles. The number of hydrogen-bond acceptors (Lipinski definition) is 6. The van der Waals surface area contributed by atoms with E-state index in [9.17, 15) is 9.59 Å². The number of carbonyl (C=O) groups excluding carboxylic acids is 2. The highest BCUT2D eigenvalue weighted by atomic mass is 32.2. The molecular weight excluding hydrogens is 220 g/mol. The van der Waals surface area contributed by atoms with E-state index >= 15 is 0 Å². The first-order valence-corrected chi connectivity index (χ1v) is 4.99. The van der Waals surface area contributed by atoms with Crippen LogP contribution < -0.4 is 0 Å². The summed E-state index contributed by atoms with van der Waals surface area (Å²) in [5.74, 6) is -0.795. The highest BCUT2D eigenvalue weighted by Crippen LogP contribution is 2.19. The Morgan fingerprint density at radius 2 is 2.20 bits per heavy atom. The van der Waals surface area contributed by atoms with Gasteiger partial charge in [-0.25, -0.2) is 9.78 Å². The number of methoxy groups -OCH3 is 2. The molecule has 0 amide bonds. The first-order valence-electron chi connectivity index (χ1n) is 4.00. The second-order valence-electron chi connectivity index (χ2n) is 2.44. The van der Waals surface area contributed by atoms with Crippen LogP contribution in [0.2, 0.25) is 0 Å². The number of carbonyl (C=O) groups is 2. The van der Waals surface area contributed by atoms with Gasteiger partial charge in [0, 0.05) is 0 Å². The molecule has 82 valence electrons. The molecule has 1 aromatic heterocycles. The van der Waals surface area contributed by atoms with Crippen LogP contribution >= 0.6 is 11.8 Å². The van der Waals surface area contributed by atoms with Gasteiger partial charge in [0.2, 0.25) is 0 Å². The van der Waals surface area contributed by atoms with E-state index in [1.165, 1.54) is 20.5 Å². The van der Waals surface area contributed by atoms with Gasteiger partial charge in [-0.15, -0.1) is 0 Å². The smallest absolute Gasteiger partial charge is 0.359 e. The summed E-state index contributed by atoms with van der Waals surface area (Å²) in [6.45, 7) is 0. The molecular formula is C8H10N2O4S. The van der Waals surface area contributed by atoms with E-state index in [2.05, 4.69) is 19.4 Å². The minimum atomic E-state index is -0.538. The van der Waals surface area contributed by atoms with Crippen LogP contribution in [0.1, 0.15) is 10.5 Å². The number of nitrogens with zero attached hydrogens (tertiary/aromatic N) is 1. The molecule has 0 aliphatic rings. The maximum Gasteiger partial charge on any atom is 0.359 e. The Labute approximate surface area is 90.4 Å². The largest absolute Gasteiger partial charge is 0.468 e. The lowest BCUT2D eigenvalue weighted by Crippen LogP contribution is -2.06. The molecule has 1 aromatic rings. The Hall–Kier alpha value is -1.50. The zero-order valence-corrected chi connectivity index (χ0v) is 9.09. The predicted molar refractivity (Wildman–Crippen MR) is 52.7 cm³/mol. The number of esters is 2. The van der Waals surface area contributed by atoms with Gasteiger partial charge >= 0.3 is 11.9 Å². The van der Waals surface area contributed by atoms with Crippen molar-refractivity contribution in [1.29, 1.82) is 0 Å². The van der Waals surface area contributed by atoms with Gasteiger partial charge in [-0.2, -0.15) is 0 Å². The Balaban J connectivity index is 2.65. The highest BCUT2D eigenvalue weighted by molar-refractivity contribution is 7.99. The average Bonchev–Trinajstić information content (AvgIpc) is 2.72. The Kier molecular flexibility index (Phi) is 4.17. The van der Waals surface area contributed by atoms with Crippen molar-refractivity contribution in [3.8, 4) is 0 Å². The number of thioether (sulfide) groups is 1. The lowest BCUT2D eigenvalue weighted by molar-refractivity contribution is -0.137. The number of aromatic amines is 1. The van der Waals surface area contributed by atoms with Crippen molar-refractivity contribution < 1.29 is 19.1 Å². The molecule has 0 aliphatic heterocycles. The molecule has 0 aromatic carbocycles. The maximum atomic E-state index is 11.2. The van der Waals surface area contributed by atoms with E-state index in [1.807, 2.05) is 0 Å². The Morgan fingerprint density at radius 1 is 1.47 bits per heavy atom. The quantitative estimate of drug-likeness (QED) is 0.598. The fraction of sp³-hybridized carbons (Fsp3) is 0.375. The third-order valence-electron chi connectivity index (χ3n) is 1.55. The van der Waals surface area contributed by atoms with Gasteiger partial charge in [0.05, 0.1) is 26.3 Å². The molecule has 0 atom stereocenters. The van der Waals surface area contributed by atoms with E-state index < -0.39 is 5.97 Å². The third-order valence-corrected chi connectivity index (χ3v) is 2.53. The molecule has 6 nitrogen and oxygen atoms in total. The topological polar surface area (TPSA) is 81.3 Å². The minimum Gasteiger partial charge on any atom is -0.468 e. The second-order valence-corrected chi connectivity index (χ2v) is 3.42. The summed E-state index contributed by atoms with van der Waals surface area (Å²) in [5, 5.41) is 0.493. The number of rotatable bonds is 4. The fourth-order valence-electron chi connectivity index (χ4n) is 0.825. The van der Waals surface area contributed by atoms with E-state index in [-0.39, 0.29) is 17.4 Å². The first kappa shape index (κ1) is 11.6. The summed E-state index contributed by atoms with van der Waals surface area (Å²) >= 11 is 1.14. The van der Waals surface area contributed by atoms with Crippen LogP contribution in [0.4, 0.5) is 0 Å². The molecule has 0 saturated carbocycles. The molecule has 15 heavy (non-hydrogen) atoms. The zero-order chi connectivity index (χ0) is 11.3. The summed E-state index contributed by atoms with van der Waals surface area (Å²) < 4.78 is 8.98. The molecule has 0 unspecified atom stereocenters. The molecule has 0 fully saturated rings. The van der Waals surface area contributed by atoms with Crippen LogP contribution in [0, 0.1) is 0 Å². The molecule has 1 rings (SSSR count). The van der Waals surface area contributed by atoms with Crippen LogP contribution in [-0.4, -0.2) is 41.9 Å². The summed E-state index contributed by atoms with van der Waals surface area (Å²) in [7, 11) is 2.57. The van der Waals surface area contributed by atoms with Crippen molar-refractivity contribution in [3.63, 3.8) is 0 Å². The summed E-state index contributed by atoms with van der Waals surface area (Å²) in [5.41, 5.74) is 0.173. The van der Waals surface area contributed by atoms with Gasteiger partial charge < -0.3 is 14.5 Å². The SMILES string of the molecule is COC(=O)CSc1[nH]cnc1C(=O)OC. The number of ether oxygens (including phenoxy) is 2.